The molecule has 1 aromatic rings. The number of nitrogens with two attached hydrogens (primary N) is 1. The number of aliphatic hydroxyl groups is 1. The van der Waals surface area contributed by atoms with Crippen LogP contribution in [-0.2, 0) is 17.4 Å². The van der Waals surface area contributed by atoms with Gasteiger partial charge in [0, 0.05) is 12.1 Å². The Morgan fingerprint density at radius 1 is 1.37 bits per heavy atom. The lowest BCUT2D eigenvalue weighted by Gasteiger charge is -2.20. The van der Waals surface area contributed by atoms with Gasteiger partial charge in [0.1, 0.15) is 0 Å². The molecule has 0 bridgehead atoms. The van der Waals surface area contributed by atoms with Crippen LogP contribution in [0.15, 0.2) is 12.1 Å². The third-order valence-electron chi connectivity index (χ3n) is 2.76. The van der Waals surface area contributed by atoms with Crippen LogP contribution in [0.4, 0.5) is 18.9 Å². The summed E-state index contributed by atoms with van der Waals surface area (Å²) in [6.45, 7) is 2.41. The van der Waals surface area contributed by atoms with Crippen LogP contribution in [0, 0.1) is 6.92 Å². The van der Waals surface area contributed by atoms with Crippen LogP contribution in [0.25, 0.3) is 0 Å². The van der Waals surface area contributed by atoms with Gasteiger partial charge in [0.25, 0.3) is 0 Å². The normalized spacial score (nSPS) is 15.1. The highest BCUT2D eigenvalue weighted by atomic mass is 19.4. The van der Waals surface area contributed by atoms with Gasteiger partial charge in [-0.25, -0.2) is 4.79 Å². The Morgan fingerprint density at radius 2 is 1.89 bits per heavy atom. The van der Waals surface area contributed by atoms with Crippen LogP contribution >= 0.6 is 0 Å². The fourth-order valence-electron chi connectivity index (χ4n) is 1.68. The summed E-state index contributed by atoms with van der Waals surface area (Å²) in [6.07, 6.45) is -5.06. The van der Waals surface area contributed by atoms with Gasteiger partial charge >= 0.3 is 12.1 Å². The molecule has 0 spiro atoms. The zero-order valence-electron chi connectivity index (χ0n) is 10.4. The maximum absolute atomic E-state index is 12.7. The van der Waals surface area contributed by atoms with E-state index in [0.717, 1.165) is 13.0 Å². The van der Waals surface area contributed by atoms with Gasteiger partial charge < -0.3 is 15.9 Å². The van der Waals surface area contributed by atoms with Crippen molar-refractivity contribution >= 4 is 11.7 Å². The van der Waals surface area contributed by atoms with E-state index in [1.165, 1.54) is 13.0 Å². The number of alkyl halides is 3. The zero-order chi connectivity index (χ0) is 15.0. The van der Waals surface area contributed by atoms with Crippen molar-refractivity contribution in [2.45, 2.75) is 32.0 Å². The Labute approximate surface area is 107 Å². The largest absolute Gasteiger partial charge is 0.479 e. The summed E-state index contributed by atoms with van der Waals surface area (Å²) >= 11 is 0. The Balaban J connectivity index is 3.26. The summed E-state index contributed by atoms with van der Waals surface area (Å²) in [5.74, 6) is -1.50. The van der Waals surface area contributed by atoms with Crippen molar-refractivity contribution in [3.63, 3.8) is 0 Å². The van der Waals surface area contributed by atoms with Crippen LogP contribution < -0.4 is 5.73 Å². The molecule has 1 rings (SSSR count). The van der Waals surface area contributed by atoms with Crippen LogP contribution in [-0.4, -0.2) is 21.8 Å². The van der Waals surface area contributed by atoms with Crippen molar-refractivity contribution in [3.05, 3.63) is 28.8 Å². The lowest BCUT2D eigenvalue weighted by atomic mass is 9.93. The average Bonchev–Trinajstić information content (AvgIpc) is 2.20. The molecular formula is C12H14F3NO3. The highest BCUT2D eigenvalue weighted by Gasteiger charge is 2.35. The minimum atomic E-state index is -4.63. The third-order valence-corrected chi connectivity index (χ3v) is 2.76. The van der Waals surface area contributed by atoms with Gasteiger partial charge in [-0.15, -0.1) is 0 Å². The molecule has 1 unspecified atom stereocenters. The minimum Gasteiger partial charge on any atom is -0.479 e. The van der Waals surface area contributed by atoms with Gasteiger partial charge in [0.2, 0.25) is 0 Å². The summed E-state index contributed by atoms with van der Waals surface area (Å²) in [5.41, 5.74) is 2.06. The van der Waals surface area contributed by atoms with Crippen molar-refractivity contribution in [1.29, 1.82) is 0 Å². The van der Waals surface area contributed by atoms with Gasteiger partial charge in [-0.1, -0.05) is 6.07 Å². The SMILES string of the molecule is Cc1cc(CC(C)(O)C(=O)O)cc(C(F)(F)F)c1N. The number of aliphatic carboxylic acids is 1. The first-order valence-electron chi connectivity index (χ1n) is 5.37. The molecule has 4 nitrogen and oxygen atoms in total. The number of carboxylic acids is 1. The predicted molar refractivity (Wildman–Crippen MR) is 62.6 cm³/mol. The average molecular weight is 277 g/mol. The molecule has 1 aromatic carbocycles. The van der Waals surface area contributed by atoms with Crippen molar-refractivity contribution in [3.8, 4) is 0 Å². The molecular weight excluding hydrogens is 263 g/mol. The first-order chi connectivity index (χ1) is 8.45. The topological polar surface area (TPSA) is 83.5 Å². The minimum absolute atomic E-state index is 0.0615. The second-order valence-electron chi connectivity index (χ2n) is 4.63. The number of anilines is 1. The summed E-state index contributed by atoms with van der Waals surface area (Å²) in [7, 11) is 0. The number of benzene rings is 1. The van der Waals surface area contributed by atoms with Crippen LogP contribution in [0.2, 0.25) is 0 Å². The Kier molecular flexibility index (Phi) is 3.81. The fourth-order valence-corrected chi connectivity index (χ4v) is 1.68. The number of rotatable bonds is 3. The lowest BCUT2D eigenvalue weighted by molar-refractivity contribution is -0.156. The smallest absolute Gasteiger partial charge is 0.418 e. The molecule has 4 N–H and O–H groups in total. The molecule has 0 aliphatic heterocycles. The molecule has 0 aliphatic rings. The maximum Gasteiger partial charge on any atom is 0.418 e. The first kappa shape index (κ1) is 15.3. The number of carbonyl (C=O) groups is 1. The number of aryl methyl sites for hydroxylation is 1. The maximum atomic E-state index is 12.7. The van der Waals surface area contributed by atoms with E-state index in [1.807, 2.05) is 0 Å². The molecule has 1 atom stereocenters. The molecule has 19 heavy (non-hydrogen) atoms. The van der Waals surface area contributed by atoms with Crippen LogP contribution in [0.5, 0.6) is 0 Å². The molecule has 7 heteroatoms. The van der Waals surface area contributed by atoms with Crippen LogP contribution in [0.3, 0.4) is 0 Å². The van der Waals surface area contributed by atoms with E-state index < -0.39 is 35.4 Å². The highest BCUT2D eigenvalue weighted by Crippen LogP contribution is 2.36. The molecule has 0 amide bonds. The summed E-state index contributed by atoms with van der Waals surface area (Å²) in [6, 6.07) is 2.10. The molecule has 0 saturated carbocycles. The van der Waals surface area contributed by atoms with E-state index in [-0.39, 0.29) is 11.1 Å². The highest BCUT2D eigenvalue weighted by molar-refractivity contribution is 5.77. The molecule has 0 aliphatic carbocycles. The summed E-state index contributed by atoms with van der Waals surface area (Å²) < 4.78 is 38.2. The molecule has 0 radical (unpaired) electrons. The van der Waals surface area contributed by atoms with E-state index in [2.05, 4.69) is 0 Å². The quantitative estimate of drug-likeness (QED) is 0.738. The van der Waals surface area contributed by atoms with Gasteiger partial charge in [-0.3, -0.25) is 0 Å². The first-order valence-corrected chi connectivity index (χ1v) is 5.37. The van der Waals surface area contributed by atoms with E-state index in [9.17, 15) is 23.1 Å². The Morgan fingerprint density at radius 3 is 2.32 bits per heavy atom. The summed E-state index contributed by atoms with van der Waals surface area (Å²) in [4.78, 5) is 10.8. The number of hydrogen-bond donors (Lipinski definition) is 3. The molecule has 0 aromatic heterocycles. The molecule has 0 saturated heterocycles. The van der Waals surface area contributed by atoms with Gasteiger partial charge in [0.05, 0.1) is 5.56 Å². The number of halogens is 3. The zero-order valence-corrected chi connectivity index (χ0v) is 10.4. The monoisotopic (exact) mass is 277 g/mol. The molecule has 0 heterocycles. The van der Waals surface area contributed by atoms with E-state index in [4.69, 9.17) is 10.8 Å². The van der Waals surface area contributed by atoms with Gasteiger partial charge in [0.15, 0.2) is 5.60 Å². The number of carboxylic acid groups (broad SMARTS) is 1. The Bertz CT molecular complexity index is 510. The van der Waals surface area contributed by atoms with Crippen molar-refractivity contribution < 1.29 is 28.2 Å². The summed E-state index contributed by atoms with van der Waals surface area (Å²) in [5, 5.41) is 18.3. The number of nitrogen functional groups attached to an aromatic ring is 1. The van der Waals surface area contributed by atoms with Crippen molar-refractivity contribution in [2.75, 3.05) is 5.73 Å². The fraction of sp³-hybridized carbons (Fsp3) is 0.417. The standard InChI is InChI=1S/C12H14F3NO3/c1-6-3-7(5-11(2,19)10(17)18)4-8(9(6)16)12(13,14)15/h3-4,19H,5,16H2,1-2H3,(H,17,18). The van der Waals surface area contributed by atoms with E-state index in [1.54, 1.807) is 0 Å². The predicted octanol–water partition coefficient (Wildman–Crippen LogP) is 1.97. The van der Waals surface area contributed by atoms with E-state index >= 15 is 0 Å². The van der Waals surface area contributed by atoms with Crippen molar-refractivity contribution in [2.24, 2.45) is 0 Å². The van der Waals surface area contributed by atoms with Gasteiger partial charge in [-0.2, -0.15) is 13.2 Å². The second-order valence-corrected chi connectivity index (χ2v) is 4.63. The number of hydrogen-bond acceptors (Lipinski definition) is 3. The lowest BCUT2D eigenvalue weighted by Crippen LogP contribution is -2.37. The van der Waals surface area contributed by atoms with Crippen molar-refractivity contribution in [1.82, 2.24) is 0 Å². The molecule has 0 fully saturated rings. The second kappa shape index (κ2) is 4.73. The molecule has 106 valence electrons. The Hall–Kier alpha value is -1.76. The van der Waals surface area contributed by atoms with Gasteiger partial charge in [-0.05, 0) is 31.0 Å². The third kappa shape index (κ3) is 3.37. The van der Waals surface area contributed by atoms with E-state index in [0.29, 0.717) is 0 Å². The van der Waals surface area contributed by atoms with Crippen LogP contribution in [0.1, 0.15) is 23.6 Å².